The number of nitrogens with one attached hydrogen (secondary N) is 1. The molecule has 19 heteroatoms. The molecule has 2 aliphatic rings. The fourth-order valence-corrected chi connectivity index (χ4v) is 7.24. The second kappa shape index (κ2) is 12.5. The van der Waals surface area contributed by atoms with Crippen LogP contribution in [-0.2, 0) is 37.1 Å². The lowest BCUT2D eigenvalue weighted by Gasteiger charge is -2.49. The molecule has 0 bridgehead atoms. The van der Waals surface area contributed by atoms with Crippen molar-refractivity contribution in [1.82, 2.24) is 19.8 Å². The van der Waals surface area contributed by atoms with Crippen molar-refractivity contribution >= 4 is 86.1 Å². The summed E-state index contributed by atoms with van der Waals surface area (Å²) in [6, 6.07) is 4.24. The standard InChI is InChI=1S/C26H28ClN9O7S2/c1-10(28)7-35-13-4-3-5-34(14(13)6-15(35)29)8-12-9-44-23-18(22(38)36(23)19(12)25(41)42)31-21(37)17(33-43-11(2)24(39)40)16-20(27)45-26(30)32-16/h3-6,10-11,18,23,29H,7-9,28H2,1-2H3,(H5,30,31,32,37,39,40,41,42)/p+1/t10-,11-,18?,23?/m0/s1. The van der Waals surface area contributed by atoms with E-state index in [1.165, 1.54) is 18.7 Å². The van der Waals surface area contributed by atoms with Crippen LogP contribution in [0.1, 0.15) is 19.5 Å². The molecular weight excluding hydrogens is 650 g/mol. The Morgan fingerprint density at radius 2 is 2.04 bits per heavy atom. The minimum Gasteiger partial charge on any atom is -0.478 e. The van der Waals surface area contributed by atoms with E-state index in [9.17, 15) is 24.3 Å². The molecule has 2 amide bonds. The maximum Gasteiger partial charge on any atom is 0.352 e. The van der Waals surface area contributed by atoms with E-state index < -0.39 is 47.0 Å². The molecule has 2 aliphatic heterocycles. The molecule has 3 aromatic heterocycles. The van der Waals surface area contributed by atoms with E-state index in [2.05, 4.69) is 15.5 Å². The van der Waals surface area contributed by atoms with E-state index in [4.69, 9.17) is 38.7 Å². The average Bonchev–Trinajstić information content (AvgIpc) is 3.48. The van der Waals surface area contributed by atoms with E-state index in [-0.39, 0.29) is 39.2 Å². The second-order valence-electron chi connectivity index (χ2n) is 10.4. The highest BCUT2D eigenvalue weighted by Gasteiger charge is 2.55. The van der Waals surface area contributed by atoms with Gasteiger partial charge in [0.05, 0.1) is 6.07 Å². The summed E-state index contributed by atoms with van der Waals surface area (Å²) in [6.07, 6.45) is 0.383. The monoisotopic (exact) mass is 678 g/mol. The summed E-state index contributed by atoms with van der Waals surface area (Å²) in [6.45, 7) is 3.73. The van der Waals surface area contributed by atoms with Gasteiger partial charge in [0.15, 0.2) is 23.6 Å². The number of carboxylic acid groups (broad SMARTS) is 2. The number of aliphatic carboxylic acids is 2. The van der Waals surface area contributed by atoms with Gasteiger partial charge < -0.3 is 42.1 Å². The Kier molecular flexibility index (Phi) is 8.92. The number of halogens is 1. The number of thiazole rings is 1. The van der Waals surface area contributed by atoms with Gasteiger partial charge in [0.1, 0.15) is 38.5 Å². The van der Waals surface area contributed by atoms with Crippen LogP contribution in [0.25, 0.3) is 11.0 Å². The number of amides is 2. The molecule has 0 radical (unpaired) electrons. The summed E-state index contributed by atoms with van der Waals surface area (Å²) in [5.41, 5.74) is 19.2. The van der Waals surface area contributed by atoms with Crippen molar-refractivity contribution in [1.29, 1.82) is 0 Å². The van der Waals surface area contributed by atoms with E-state index in [1.807, 2.05) is 28.2 Å². The maximum atomic E-state index is 13.3. The third-order valence-electron chi connectivity index (χ3n) is 7.04. The number of β-lactam (4-membered cyclic amide) rings is 1. The number of carboxylic acids is 2. The molecule has 0 spiro atoms. The Balaban J connectivity index is 1.40. The number of nitrogen functional groups attached to an aromatic ring is 2. The molecule has 0 aliphatic carbocycles. The number of oxime groups is 1. The largest absolute Gasteiger partial charge is 0.478 e. The summed E-state index contributed by atoms with van der Waals surface area (Å²) in [5, 5.41) is 24.8. The van der Waals surface area contributed by atoms with Crippen LogP contribution in [0.15, 0.2) is 40.8 Å². The quantitative estimate of drug-likeness (QED) is 0.0688. The number of hydrogen-bond donors (Lipinski definition) is 6. The summed E-state index contributed by atoms with van der Waals surface area (Å²) in [4.78, 5) is 60.4. The number of aromatic nitrogens is 3. The van der Waals surface area contributed by atoms with Gasteiger partial charge in [0, 0.05) is 30.0 Å². The Labute approximate surface area is 268 Å². The zero-order valence-corrected chi connectivity index (χ0v) is 26.2. The van der Waals surface area contributed by atoms with Crippen molar-refractivity contribution in [2.45, 2.75) is 50.5 Å². The number of thioether (sulfide) groups is 1. The first-order chi connectivity index (χ1) is 21.3. The lowest BCUT2D eigenvalue weighted by molar-refractivity contribution is -0.663. The van der Waals surface area contributed by atoms with E-state index in [0.717, 1.165) is 27.3 Å². The zero-order chi connectivity index (χ0) is 32.7. The van der Waals surface area contributed by atoms with Crippen LogP contribution in [0.5, 0.6) is 0 Å². The van der Waals surface area contributed by atoms with E-state index >= 15 is 0 Å². The number of carbonyl (C=O) groups excluding carboxylic acids is 2. The minimum atomic E-state index is -1.41. The highest BCUT2D eigenvalue weighted by molar-refractivity contribution is 8.00. The minimum absolute atomic E-state index is 0.00974. The molecule has 16 nitrogen and oxygen atoms in total. The normalized spacial score (nSPS) is 19.6. The van der Waals surface area contributed by atoms with Gasteiger partial charge in [-0.15, -0.1) is 11.8 Å². The highest BCUT2D eigenvalue weighted by Crippen LogP contribution is 2.40. The Morgan fingerprint density at radius 1 is 1.31 bits per heavy atom. The third-order valence-corrected chi connectivity index (χ3v) is 9.46. The first kappa shape index (κ1) is 32.0. The maximum absolute atomic E-state index is 13.3. The summed E-state index contributed by atoms with van der Waals surface area (Å²) >= 11 is 8.30. The second-order valence-corrected chi connectivity index (χ2v) is 13.1. The predicted octanol–water partition coefficient (Wildman–Crippen LogP) is 0.183. The number of nitrogens with zero attached hydrogens (tertiary/aromatic N) is 5. The van der Waals surface area contributed by atoms with Crippen molar-refractivity contribution in [2.75, 3.05) is 17.2 Å². The smallest absolute Gasteiger partial charge is 0.352 e. The molecule has 238 valence electrons. The Bertz CT molecular complexity index is 1790. The van der Waals surface area contributed by atoms with Crippen LogP contribution in [0.4, 0.5) is 10.9 Å². The van der Waals surface area contributed by atoms with Gasteiger partial charge in [-0.3, -0.25) is 14.5 Å². The first-order valence-electron chi connectivity index (χ1n) is 13.4. The number of nitrogens with two attached hydrogens (primary N) is 3. The Hall–Kier alpha value is -4.39. The van der Waals surface area contributed by atoms with Crippen molar-refractivity contribution in [3.05, 3.63) is 45.7 Å². The molecule has 4 atom stereocenters. The fraction of sp³-hybridized carbons (Fsp3) is 0.346. The molecule has 2 unspecified atom stereocenters. The van der Waals surface area contributed by atoms with Crippen LogP contribution < -0.4 is 27.1 Å². The van der Waals surface area contributed by atoms with Crippen molar-refractivity contribution < 1.29 is 38.8 Å². The van der Waals surface area contributed by atoms with Gasteiger partial charge in [-0.05, 0) is 19.9 Å². The zero-order valence-electron chi connectivity index (χ0n) is 23.8. The number of hydrogen-bond acceptors (Lipinski definition) is 12. The molecule has 45 heavy (non-hydrogen) atoms. The summed E-state index contributed by atoms with van der Waals surface area (Å²) in [7, 11) is 0. The average molecular weight is 679 g/mol. The Morgan fingerprint density at radius 3 is 2.67 bits per heavy atom. The highest BCUT2D eigenvalue weighted by atomic mass is 35.5. The number of anilines is 2. The number of rotatable bonds is 11. The molecule has 0 aromatic carbocycles. The van der Waals surface area contributed by atoms with Gasteiger partial charge in [0.25, 0.3) is 11.8 Å². The van der Waals surface area contributed by atoms with Crippen LogP contribution in [0.3, 0.4) is 0 Å². The van der Waals surface area contributed by atoms with Gasteiger partial charge in [-0.1, -0.05) is 28.1 Å². The topological polar surface area (TPSA) is 245 Å². The van der Waals surface area contributed by atoms with Gasteiger partial charge in [-0.2, -0.15) is 4.57 Å². The molecule has 3 aromatic rings. The van der Waals surface area contributed by atoms with Crippen LogP contribution in [0, 0.1) is 0 Å². The molecule has 0 saturated carbocycles. The van der Waals surface area contributed by atoms with Crippen LogP contribution in [0.2, 0.25) is 4.34 Å². The lowest BCUT2D eigenvalue weighted by Crippen LogP contribution is -2.71. The van der Waals surface area contributed by atoms with Crippen LogP contribution in [-0.4, -0.2) is 83.4 Å². The SMILES string of the molecule is C[C@H](N)Cn1c(N)cc2c1ccc[n+]2CC1=C(C(=O)O)N2C(=O)C(NC(=O)C(=NO[C@@H](C)C(=O)O)c3nc(N)sc3Cl)C2SC1. The van der Waals surface area contributed by atoms with Gasteiger partial charge in [0.2, 0.25) is 11.6 Å². The fourth-order valence-electron chi connectivity index (χ4n) is 4.97. The number of carbonyl (C=O) groups is 4. The molecule has 9 N–H and O–H groups in total. The van der Waals surface area contributed by atoms with Crippen molar-refractivity contribution in [3.8, 4) is 0 Å². The summed E-state index contributed by atoms with van der Waals surface area (Å²) < 4.78 is 3.74. The third kappa shape index (κ3) is 6.13. The number of fused-ring (bicyclic) bond motifs is 2. The molecule has 5 heterocycles. The van der Waals surface area contributed by atoms with E-state index in [1.54, 1.807) is 12.3 Å². The molecular formula is C26H29ClN9O7S2+. The molecule has 1 fully saturated rings. The summed E-state index contributed by atoms with van der Waals surface area (Å²) in [5.74, 6) is -3.48. The van der Waals surface area contributed by atoms with Gasteiger partial charge >= 0.3 is 11.9 Å². The van der Waals surface area contributed by atoms with E-state index in [0.29, 0.717) is 17.9 Å². The van der Waals surface area contributed by atoms with Crippen molar-refractivity contribution in [2.24, 2.45) is 10.9 Å². The van der Waals surface area contributed by atoms with Crippen LogP contribution >= 0.6 is 34.7 Å². The molecule has 1 saturated heterocycles. The number of pyridine rings is 1. The van der Waals surface area contributed by atoms with Gasteiger partial charge in [-0.25, -0.2) is 14.6 Å². The molecule has 5 rings (SSSR count). The lowest BCUT2D eigenvalue weighted by atomic mass is 10.0. The first-order valence-corrected chi connectivity index (χ1v) is 15.6. The van der Waals surface area contributed by atoms with Crippen molar-refractivity contribution in [3.63, 3.8) is 0 Å². The predicted molar refractivity (Wildman–Crippen MR) is 166 cm³/mol.